The maximum Gasteiger partial charge on any atom is 0.123 e. The highest BCUT2D eigenvalue weighted by molar-refractivity contribution is 5.37. The van der Waals surface area contributed by atoms with E-state index in [1.807, 2.05) is 44.2 Å². The number of para-hydroxylation sites is 1. The summed E-state index contributed by atoms with van der Waals surface area (Å²) in [5.74, 6) is 0.529. The van der Waals surface area contributed by atoms with E-state index < -0.39 is 5.41 Å². The van der Waals surface area contributed by atoms with Crippen LogP contribution in [0.5, 0.6) is 5.75 Å². The smallest absolute Gasteiger partial charge is 0.123 e. The molecule has 1 N–H and O–H groups in total. The third-order valence-corrected chi connectivity index (χ3v) is 3.72. The Labute approximate surface area is 125 Å². The van der Waals surface area contributed by atoms with Gasteiger partial charge in [0.15, 0.2) is 0 Å². The van der Waals surface area contributed by atoms with Crippen molar-refractivity contribution < 1.29 is 14.2 Å². The largest absolute Gasteiger partial charge is 0.494 e. The van der Waals surface area contributed by atoms with Gasteiger partial charge in [-0.1, -0.05) is 37.3 Å². The van der Waals surface area contributed by atoms with E-state index in [1.165, 1.54) is 12.1 Å². The third-order valence-electron chi connectivity index (χ3n) is 3.72. The van der Waals surface area contributed by atoms with Gasteiger partial charge in [0.2, 0.25) is 0 Å². The second-order valence-electron chi connectivity index (χ2n) is 5.45. The molecule has 112 valence electrons. The first-order chi connectivity index (χ1) is 10.1. The Kier molecular flexibility index (Phi) is 4.97. The van der Waals surface area contributed by atoms with Gasteiger partial charge < -0.3 is 9.84 Å². The Morgan fingerprint density at radius 1 is 1.14 bits per heavy atom. The van der Waals surface area contributed by atoms with E-state index in [4.69, 9.17) is 4.74 Å². The fourth-order valence-electron chi connectivity index (χ4n) is 2.48. The number of benzene rings is 2. The van der Waals surface area contributed by atoms with Crippen molar-refractivity contribution in [3.63, 3.8) is 0 Å². The van der Waals surface area contributed by atoms with Crippen molar-refractivity contribution in [1.82, 2.24) is 0 Å². The van der Waals surface area contributed by atoms with Crippen molar-refractivity contribution in [3.05, 3.63) is 65.5 Å². The summed E-state index contributed by atoms with van der Waals surface area (Å²) in [5, 5.41) is 9.85. The van der Waals surface area contributed by atoms with E-state index in [9.17, 15) is 9.50 Å². The van der Waals surface area contributed by atoms with E-state index in [2.05, 4.69) is 0 Å². The average Bonchev–Trinajstić information content (AvgIpc) is 2.49. The molecule has 2 aromatic rings. The Morgan fingerprint density at radius 3 is 2.57 bits per heavy atom. The first kappa shape index (κ1) is 15.5. The van der Waals surface area contributed by atoms with E-state index in [0.29, 0.717) is 13.0 Å². The van der Waals surface area contributed by atoms with Gasteiger partial charge in [0.1, 0.15) is 11.6 Å². The maximum absolute atomic E-state index is 13.5. The molecule has 0 aliphatic carbocycles. The Balaban J connectivity index is 2.34. The van der Waals surface area contributed by atoms with Gasteiger partial charge in [0.25, 0.3) is 0 Å². The van der Waals surface area contributed by atoms with Gasteiger partial charge in [-0.15, -0.1) is 0 Å². The minimum Gasteiger partial charge on any atom is -0.494 e. The molecule has 3 heteroatoms. The molecule has 0 aliphatic heterocycles. The van der Waals surface area contributed by atoms with Crippen LogP contribution in [0.25, 0.3) is 0 Å². The average molecular weight is 288 g/mol. The summed E-state index contributed by atoms with van der Waals surface area (Å²) in [6.07, 6.45) is 0.586. The molecule has 0 bridgehead atoms. The van der Waals surface area contributed by atoms with Crippen molar-refractivity contribution in [2.45, 2.75) is 25.7 Å². The zero-order chi connectivity index (χ0) is 15.3. The Hall–Kier alpha value is -1.87. The molecule has 0 heterocycles. The number of halogens is 1. The van der Waals surface area contributed by atoms with Crippen LogP contribution in [0.4, 0.5) is 4.39 Å². The summed E-state index contributed by atoms with van der Waals surface area (Å²) in [6.45, 7) is 4.41. The summed E-state index contributed by atoms with van der Waals surface area (Å²) in [7, 11) is 0. The van der Waals surface area contributed by atoms with Crippen molar-refractivity contribution in [1.29, 1.82) is 0 Å². The molecular weight excluding hydrogens is 267 g/mol. The Morgan fingerprint density at radius 2 is 1.90 bits per heavy atom. The van der Waals surface area contributed by atoms with Crippen LogP contribution in [-0.2, 0) is 11.8 Å². The number of hydrogen-bond donors (Lipinski definition) is 1. The molecule has 0 saturated carbocycles. The van der Waals surface area contributed by atoms with Crippen LogP contribution in [-0.4, -0.2) is 18.3 Å². The zero-order valence-corrected chi connectivity index (χ0v) is 12.5. The molecule has 2 rings (SSSR count). The van der Waals surface area contributed by atoms with Crippen molar-refractivity contribution >= 4 is 0 Å². The molecule has 0 aromatic heterocycles. The van der Waals surface area contributed by atoms with Crippen LogP contribution in [0, 0.1) is 5.82 Å². The summed E-state index contributed by atoms with van der Waals surface area (Å²) in [6, 6.07) is 14.2. The minimum atomic E-state index is -0.546. The lowest BCUT2D eigenvalue weighted by Gasteiger charge is -2.29. The monoisotopic (exact) mass is 288 g/mol. The van der Waals surface area contributed by atoms with Crippen LogP contribution >= 0.6 is 0 Å². The topological polar surface area (TPSA) is 29.5 Å². The lowest BCUT2D eigenvalue weighted by atomic mass is 9.78. The molecule has 1 atom stereocenters. The molecule has 0 spiro atoms. The van der Waals surface area contributed by atoms with Crippen LogP contribution in [0.2, 0.25) is 0 Å². The second kappa shape index (κ2) is 6.72. The SMILES string of the molecule is CCOc1ccccc1CC(C)(CO)c1cccc(F)c1. The fourth-order valence-corrected chi connectivity index (χ4v) is 2.48. The highest BCUT2D eigenvalue weighted by Crippen LogP contribution is 2.31. The summed E-state index contributed by atoms with van der Waals surface area (Å²) < 4.78 is 19.1. The maximum atomic E-state index is 13.5. The molecule has 0 saturated heterocycles. The second-order valence-corrected chi connectivity index (χ2v) is 5.45. The number of aliphatic hydroxyl groups is 1. The first-order valence-corrected chi connectivity index (χ1v) is 7.16. The van der Waals surface area contributed by atoms with Gasteiger partial charge >= 0.3 is 0 Å². The molecule has 2 nitrogen and oxygen atoms in total. The van der Waals surface area contributed by atoms with Crippen molar-refractivity contribution in [2.75, 3.05) is 13.2 Å². The van der Waals surface area contributed by atoms with Crippen LogP contribution in [0.15, 0.2) is 48.5 Å². The molecule has 0 amide bonds. The van der Waals surface area contributed by atoms with E-state index >= 15 is 0 Å². The van der Waals surface area contributed by atoms with Gasteiger partial charge in [0, 0.05) is 5.41 Å². The summed E-state index contributed by atoms with van der Waals surface area (Å²) >= 11 is 0. The highest BCUT2D eigenvalue weighted by atomic mass is 19.1. The van der Waals surface area contributed by atoms with Crippen molar-refractivity contribution in [2.24, 2.45) is 0 Å². The normalized spacial score (nSPS) is 13.7. The van der Waals surface area contributed by atoms with Crippen LogP contribution in [0.3, 0.4) is 0 Å². The fraction of sp³-hybridized carbons (Fsp3) is 0.333. The van der Waals surface area contributed by atoms with Gasteiger partial charge in [-0.2, -0.15) is 0 Å². The summed E-state index contributed by atoms with van der Waals surface area (Å²) in [4.78, 5) is 0. The van der Waals surface area contributed by atoms with Crippen LogP contribution in [0.1, 0.15) is 25.0 Å². The molecule has 0 fully saturated rings. The van der Waals surface area contributed by atoms with Gasteiger partial charge in [-0.05, 0) is 42.7 Å². The molecule has 2 aromatic carbocycles. The van der Waals surface area contributed by atoms with Gasteiger partial charge in [-0.3, -0.25) is 0 Å². The lowest BCUT2D eigenvalue weighted by Crippen LogP contribution is -2.29. The standard InChI is InChI=1S/C18H21FO2/c1-3-21-17-10-5-4-7-14(17)12-18(2,13-20)15-8-6-9-16(19)11-15/h4-11,20H,3,12-13H2,1-2H3. The van der Waals surface area contributed by atoms with E-state index in [0.717, 1.165) is 16.9 Å². The minimum absolute atomic E-state index is 0.0586. The number of ether oxygens (including phenoxy) is 1. The first-order valence-electron chi connectivity index (χ1n) is 7.16. The molecule has 21 heavy (non-hydrogen) atoms. The number of rotatable bonds is 6. The molecule has 0 radical (unpaired) electrons. The third kappa shape index (κ3) is 3.61. The quantitative estimate of drug-likeness (QED) is 0.878. The van der Waals surface area contributed by atoms with Crippen molar-refractivity contribution in [3.8, 4) is 5.75 Å². The predicted molar refractivity (Wildman–Crippen MR) is 82.2 cm³/mol. The van der Waals surface area contributed by atoms with E-state index in [1.54, 1.807) is 6.07 Å². The number of aliphatic hydroxyl groups excluding tert-OH is 1. The van der Waals surface area contributed by atoms with Crippen LogP contribution < -0.4 is 4.74 Å². The predicted octanol–water partition coefficient (Wildman–Crippen LogP) is 3.72. The lowest BCUT2D eigenvalue weighted by molar-refractivity contribution is 0.203. The van der Waals surface area contributed by atoms with E-state index in [-0.39, 0.29) is 12.4 Å². The summed E-state index contributed by atoms with van der Waals surface area (Å²) in [5.41, 5.74) is 1.26. The number of hydrogen-bond acceptors (Lipinski definition) is 2. The zero-order valence-electron chi connectivity index (χ0n) is 12.5. The molecule has 1 unspecified atom stereocenters. The molecular formula is C18H21FO2. The van der Waals surface area contributed by atoms with Gasteiger partial charge in [0.05, 0.1) is 13.2 Å². The highest BCUT2D eigenvalue weighted by Gasteiger charge is 2.28. The van der Waals surface area contributed by atoms with Gasteiger partial charge in [-0.25, -0.2) is 4.39 Å². The molecule has 0 aliphatic rings. The Bertz CT molecular complexity index is 597.